The lowest BCUT2D eigenvalue weighted by molar-refractivity contribution is -0.116. The minimum atomic E-state index is -3.60. The summed E-state index contributed by atoms with van der Waals surface area (Å²) in [5, 5.41) is 8.92. The van der Waals surface area contributed by atoms with Crippen LogP contribution in [0.15, 0.2) is 35.4 Å². The normalized spacial score (nSPS) is 14.2. The molecule has 0 unspecified atom stereocenters. The van der Waals surface area contributed by atoms with Crippen LogP contribution in [-0.4, -0.2) is 31.1 Å². The maximum absolute atomic E-state index is 12.4. The van der Waals surface area contributed by atoms with Gasteiger partial charge in [-0.3, -0.25) is 9.89 Å². The Bertz CT molecular complexity index is 816. The summed E-state index contributed by atoms with van der Waals surface area (Å²) in [6.45, 7) is 0.0411. The van der Waals surface area contributed by atoms with Gasteiger partial charge in [0.2, 0.25) is 15.9 Å². The van der Waals surface area contributed by atoms with Crippen molar-refractivity contribution in [2.45, 2.75) is 37.0 Å². The predicted molar refractivity (Wildman–Crippen MR) is 90.1 cm³/mol. The van der Waals surface area contributed by atoms with E-state index in [1.54, 1.807) is 18.2 Å². The fraction of sp³-hybridized carbons (Fsp3) is 0.375. The standard InChI is InChI=1S/C16H20N4O3S/c21-16(19-15-7-9-17-20-15)8-10-18-24(22,23)14-6-5-12-3-1-2-4-13(12)11-14/h5-7,9,11,18H,1-4,8,10H2,(H2,17,19,20,21). The Morgan fingerprint density at radius 2 is 1.96 bits per heavy atom. The number of anilines is 1. The molecule has 0 radical (unpaired) electrons. The summed E-state index contributed by atoms with van der Waals surface area (Å²) in [6, 6.07) is 6.90. The molecule has 0 fully saturated rings. The maximum atomic E-state index is 12.4. The fourth-order valence-corrected chi connectivity index (χ4v) is 3.88. The summed E-state index contributed by atoms with van der Waals surface area (Å²) < 4.78 is 27.2. The smallest absolute Gasteiger partial charge is 0.240 e. The van der Waals surface area contributed by atoms with E-state index in [4.69, 9.17) is 0 Å². The number of benzene rings is 1. The van der Waals surface area contributed by atoms with Gasteiger partial charge in [-0.1, -0.05) is 6.07 Å². The second kappa shape index (κ2) is 7.14. The number of rotatable bonds is 6. The number of aromatic amines is 1. The average molecular weight is 348 g/mol. The summed E-state index contributed by atoms with van der Waals surface area (Å²) in [5.74, 6) is 0.199. The number of aryl methyl sites for hydroxylation is 2. The highest BCUT2D eigenvalue weighted by Crippen LogP contribution is 2.23. The highest BCUT2D eigenvalue weighted by atomic mass is 32.2. The number of H-pyrrole nitrogens is 1. The van der Waals surface area contributed by atoms with Crippen LogP contribution in [0.2, 0.25) is 0 Å². The first-order valence-electron chi connectivity index (χ1n) is 7.95. The minimum Gasteiger partial charge on any atom is -0.311 e. The number of carbonyl (C=O) groups excluding carboxylic acids is 1. The van der Waals surface area contributed by atoms with E-state index in [1.807, 2.05) is 6.07 Å². The quantitative estimate of drug-likeness (QED) is 0.737. The molecule has 0 saturated heterocycles. The van der Waals surface area contributed by atoms with Gasteiger partial charge < -0.3 is 5.32 Å². The topological polar surface area (TPSA) is 104 Å². The number of aromatic nitrogens is 2. The molecule has 0 aliphatic heterocycles. The summed E-state index contributed by atoms with van der Waals surface area (Å²) in [7, 11) is -3.60. The van der Waals surface area contributed by atoms with Crippen LogP contribution >= 0.6 is 0 Å². The van der Waals surface area contributed by atoms with Gasteiger partial charge >= 0.3 is 0 Å². The highest BCUT2D eigenvalue weighted by molar-refractivity contribution is 7.89. The van der Waals surface area contributed by atoms with Gasteiger partial charge in [0.15, 0.2) is 0 Å². The molecule has 0 spiro atoms. The fourth-order valence-electron chi connectivity index (χ4n) is 2.80. The third kappa shape index (κ3) is 4.01. The molecule has 0 bridgehead atoms. The van der Waals surface area contributed by atoms with Crippen LogP contribution in [0.5, 0.6) is 0 Å². The molecule has 3 N–H and O–H groups in total. The molecule has 1 aliphatic carbocycles. The first kappa shape index (κ1) is 16.7. The van der Waals surface area contributed by atoms with Crippen molar-refractivity contribution in [2.24, 2.45) is 0 Å². The maximum Gasteiger partial charge on any atom is 0.240 e. The van der Waals surface area contributed by atoms with Crippen molar-refractivity contribution < 1.29 is 13.2 Å². The number of nitrogens with one attached hydrogen (secondary N) is 3. The second-order valence-electron chi connectivity index (χ2n) is 5.80. The third-order valence-corrected chi connectivity index (χ3v) is 5.51. The van der Waals surface area contributed by atoms with E-state index in [0.29, 0.717) is 5.82 Å². The zero-order valence-corrected chi connectivity index (χ0v) is 14.0. The van der Waals surface area contributed by atoms with E-state index < -0.39 is 10.0 Å². The van der Waals surface area contributed by atoms with Crippen LogP contribution in [0.25, 0.3) is 0 Å². The lowest BCUT2D eigenvalue weighted by atomic mass is 9.92. The van der Waals surface area contributed by atoms with Crippen molar-refractivity contribution >= 4 is 21.7 Å². The largest absolute Gasteiger partial charge is 0.311 e. The van der Waals surface area contributed by atoms with Crippen LogP contribution in [0, 0.1) is 0 Å². The number of fused-ring (bicyclic) bond motifs is 1. The summed E-state index contributed by atoms with van der Waals surface area (Å²) in [4.78, 5) is 12.0. The minimum absolute atomic E-state index is 0.0411. The Labute approximate surface area is 140 Å². The SMILES string of the molecule is O=C(CCNS(=O)(=O)c1ccc2c(c1)CCCC2)Nc1ccn[nH]1. The highest BCUT2D eigenvalue weighted by Gasteiger charge is 2.17. The van der Waals surface area contributed by atoms with Crippen molar-refractivity contribution in [1.29, 1.82) is 0 Å². The monoisotopic (exact) mass is 348 g/mol. The number of carbonyl (C=O) groups is 1. The third-order valence-electron chi connectivity index (χ3n) is 4.05. The second-order valence-corrected chi connectivity index (χ2v) is 7.57. The number of hydrogen-bond donors (Lipinski definition) is 3. The average Bonchev–Trinajstić information content (AvgIpc) is 3.07. The van der Waals surface area contributed by atoms with Gasteiger partial charge in [-0.2, -0.15) is 5.10 Å². The van der Waals surface area contributed by atoms with E-state index in [-0.39, 0.29) is 23.8 Å². The zero-order valence-electron chi connectivity index (χ0n) is 13.2. The van der Waals surface area contributed by atoms with Crippen LogP contribution in [0.3, 0.4) is 0 Å². The van der Waals surface area contributed by atoms with Gasteiger partial charge in [0, 0.05) is 19.0 Å². The van der Waals surface area contributed by atoms with Crippen molar-refractivity contribution in [3.63, 3.8) is 0 Å². The summed E-state index contributed by atoms with van der Waals surface area (Å²) >= 11 is 0. The van der Waals surface area contributed by atoms with Gasteiger partial charge in [-0.15, -0.1) is 0 Å². The van der Waals surface area contributed by atoms with Crippen molar-refractivity contribution in [3.8, 4) is 0 Å². The lowest BCUT2D eigenvalue weighted by Crippen LogP contribution is -2.28. The van der Waals surface area contributed by atoms with Crippen molar-refractivity contribution in [3.05, 3.63) is 41.6 Å². The van der Waals surface area contributed by atoms with E-state index in [1.165, 1.54) is 11.8 Å². The molecule has 8 heteroatoms. The zero-order chi connectivity index (χ0) is 17.0. The molecule has 0 saturated carbocycles. The van der Waals surface area contributed by atoms with Gasteiger partial charge in [0.1, 0.15) is 5.82 Å². The van der Waals surface area contributed by atoms with Crippen molar-refractivity contribution in [1.82, 2.24) is 14.9 Å². The molecular weight excluding hydrogens is 328 g/mol. The Hall–Kier alpha value is -2.19. The van der Waals surface area contributed by atoms with E-state index >= 15 is 0 Å². The van der Waals surface area contributed by atoms with E-state index in [2.05, 4.69) is 20.2 Å². The van der Waals surface area contributed by atoms with Gasteiger partial charge in [-0.05, 0) is 48.9 Å². The van der Waals surface area contributed by atoms with Crippen LogP contribution in [-0.2, 0) is 27.7 Å². The number of amides is 1. The lowest BCUT2D eigenvalue weighted by Gasteiger charge is -2.16. The molecule has 3 rings (SSSR count). The molecule has 7 nitrogen and oxygen atoms in total. The Morgan fingerprint density at radius 3 is 2.71 bits per heavy atom. The summed E-state index contributed by atoms with van der Waals surface area (Å²) in [5.41, 5.74) is 2.35. The van der Waals surface area contributed by atoms with E-state index in [0.717, 1.165) is 31.2 Å². The molecule has 1 amide bonds. The molecule has 0 atom stereocenters. The molecule has 2 aromatic rings. The van der Waals surface area contributed by atoms with E-state index in [9.17, 15) is 13.2 Å². The number of hydrogen-bond acceptors (Lipinski definition) is 4. The summed E-state index contributed by atoms with van der Waals surface area (Å²) in [6.07, 6.45) is 5.75. The molecule has 128 valence electrons. The Balaban J connectivity index is 1.57. The van der Waals surface area contributed by atoms with Gasteiger partial charge in [-0.25, -0.2) is 13.1 Å². The van der Waals surface area contributed by atoms with Crippen LogP contribution < -0.4 is 10.0 Å². The Morgan fingerprint density at radius 1 is 1.17 bits per heavy atom. The van der Waals surface area contributed by atoms with Crippen LogP contribution in [0.4, 0.5) is 5.82 Å². The van der Waals surface area contributed by atoms with Crippen molar-refractivity contribution in [2.75, 3.05) is 11.9 Å². The predicted octanol–water partition coefficient (Wildman–Crippen LogP) is 1.60. The number of sulfonamides is 1. The Kier molecular flexibility index (Phi) is 4.96. The first-order valence-corrected chi connectivity index (χ1v) is 9.43. The molecule has 1 aromatic heterocycles. The van der Waals surface area contributed by atoms with Gasteiger partial charge in [0.25, 0.3) is 0 Å². The molecule has 1 heterocycles. The number of nitrogens with zero attached hydrogens (tertiary/aromatic N) is 1. The first-order chi connectivity index (χ1) is 11.5. The van der Waals surface area contributed by atoms with Gasteiger partial charge in [0.05, 0.1) is 11.1 Å². The molecule has 24 heavy (non-hydrogen) atoms. The molecular formula is C16H20N4O3S. The molecule has 1 aliphatic rings. The van der Waals surface area contributed by atoms with Crippen LogP contribution in [0.1, 0.15) is 30.4 Å². The molecule has 1 aromatic carbocycles.